The molecule has 0 amide bonds. The number of furan rings is 1. The van der Waals surface area contributed by atoms with Crippen molar-refractivity contribution in [1.29, 1.82) is 0 Å². The van der Waals surface area contributed by atoms with Gasteiger partial charge >= 0.3 is 0 Å². The zero-order valence-electron chi connectivity index (χ0n) is 13.0. The highest BCUT2D eigenvalue weighted by Gasteiger charge is 2.25. The molecule has 1 aromatic heterocycles. The van der Waals surface area contributed by atoms with Gasteiger partial charge in [0.15, 0.2) is 0 Å². The van der Waals surface area contributed by atoms with Crippen LogP contribution in [0.4, 0.5) is 0 Å². The molecule has 0 aliphatic heterocycles. The smallest absolute Gasteiger partial charge is 0.122 e. The van der Waals surface area contributed by atoms with Crippen molar-refractivity contribution in [3.63, 3.8) is 0 Å². The Morgan fingerprint density at radius 1 is 1.42 bits per heavy atom. The Labute approximate surface area is 117 Å². The standard InChI is InChI=1S/C16H28N2O/c1-12(16(2,3)4)18(5)11-13-8-9-19-15(13)10-17-14-6-7-14/h8-9,12,14,17H,6-7,10-11H2,1-5H3. The Balaban J connectivity index is 1.92. The molecule has 1 atom stereocenters. The van der Waals surface area contributed by atoms with Gasteiger partial charge in [-0.15, -0.1) is 0 Å². The summed E-state index contributed by atoms with van der Waals surface area (Å²) in [5.41, 5.74) is 1.61. The summed E-state index contributed by atoms with van der Waals surface area (Å²) in [5.74, 6) is 1.10. The van der Waals surface area contributed by atoms with Crippen molar-refractivity contribution in [1.82, 2.24) is 10.2 Å². The van der Waals surface area contributed by atoms with Crippen LogP contribution in [-0.4, -0.2) is 24.0 Å². The molecule has 0 saturated heterocycles. The van der Waals surface area contributed by atoms with Crippen molar-refractivity contribution in [2.45, 2.75) is 65.7 Å². The van der Waals surface area contributed by atoms with Crippen LogP contribution in [0.2, 0.25) is 0 Å². The fourth-order valence-corrected chi connectivity index (χ4v) is 2.25. The Kier molecular flexibility index (Phi) is 4.36. The molecule has 0 radical (unpaired) electrons. The Morgan fingerprint density at radius 2 is 2.11 bits per heavy atom. The van der Waals surface area contributed by atoms with Gasteiger partial charge < -0.3 is 9.73 Å². The minimum absolute atomic E-state index is 0.297. The van der Waals surface area contributed by atoms with Gasteiger partial charge in [-0.3, -0.25) is 4.90 Å². The molecule has 19 heavy (non-hydrogen) atoms. The summed E-state index contributed by atoms with van der Waals surface area (Å²) >= 11 is 0. The summed E-state index contributed by atoms with van der Waals surface area (Å²) in [6, 6.07) is 3.37. The van der Waals surface area contributed by atoms with Gasteiger partial charge in [0.05, 0.1) is 12.8 Å². The summed E-state index contributed by atoms with van der Waals surface area (Å²) in [4.78, 5) is 2.41. The monoisotopic (exact) mass is 264 g/mol. The molecule has 108 valence electrons. The Hall–Kier alpha value is -0.800. The number of hydrogen-bond acceptors (Lipinski definition) is 3. The van der Waals surface area contributed by atoms with Gasteiger partial charge in [0.25, 0.3) is 0 Å². The molecular weight excluding hydrogens is 236 g/mol. The fraction of sp³-hybridized carbons (Fsp3) is 0.750. The third-order valence-corrected chi connectivity index (χ3v) is 4.30. The fourth-order valence-electron chi connectivity index (χ4n) is 2.25. The predicted molar refractivity (Wildman–Crippen MR) is 79.0 cm³/mol. The van der Waals surface area contributed by atoms with Crippen molar-refractivity contribution < 1.29 is 4.42 Å². The van der Waals surface area contributed by atoms with Gasteiger partial charge in [0.1, 0.15) is 5.76 Å². The third-order valence-electron chi connectivity index (χ3n) is 4.30. The van der Waals surface area contributed by atoms with Crippen molar-refractivity contribution in [2.24, 2.45) is 5.41 Å². The zero-order chi connectivity index (χ0) is 14.0. The summed E-state index contributed by atoms with van der Waals surface area (Å²) in [5, 5.41) is 3.52. The summed E-state index contributed by atoms with van der Waals surface area (Å²) in [6.07, 6.45) is 4.45. The van der Waals surface area contributed by atoms with Gasteiger partial charge in [-0.05, 0) is 38.3 Å². The molecule has 1 aliphatic rings. The highest BCUT2D eigenvalue weighted by molar-refractivity contribution is 5.17. The molecule has 3 heteroatoms. The predicted octanol–water partition coefficient (Wildman–Crippen LogP) is 3.40. The minimum atomic E-state index is 0.297. The SMILES string of the molecule is CC(N(C)Cc1ccoc1CNC1CC1)C(C)(C)C. The number of rotatable bonds is 6. The van der Waals surface area contributed by atoms with Crippen LogP contribution >= 0.6 is 0 Å². The van der Waals surface area contributed by atoms with Crippen LogP contribution in [0.3, 0.4) is 0 Å². The van der Waals surface area contributed by atoms with E-state index in [4.69, 9.17) is 4.42 Å². The molecule has 3 nitrogen and oxygen atoms in total. The number of nitrogens with one attached hydrogen (secondary N) is 1. The maximum absolute atomic E-state index is 5.62. The first-order valence-electron chi connectivity index (χ1n) is 7.37. The van der Waals surface area contributed by atoms with Gasteiger partial charge in [-0.1, -0.05) is 20.8 Å². The second-order valence-electron chi connectivity index (χ2n) is 6.98. The van der Waals surface area contributed by atoms with Gasteiger partial charge in [0, 0.05) is 24.2 Å². The van der Waals surface area contributed by atoms with E-state index < -0.39 is 0 Å². The molecule has 1 aromatic rings. The van der Waals surface area contributed by atoms with E-state index in [1.165, 1.54) is 18.4 Å². The molecule has 0 aromatic carbocycles. The third kappa shape index (κ3) is 4.08. The summed E-state index contributed by atoms with van der Waals surface area (Å²) in [7, 11) is 2.20. The molecule has 0 spiro atoms. The van der Waals surface area contributed by atoms with E-state index in [1.54, 1.807) is 0 Å². The van der Waals surface area contributed by atoms with E-state index in [-0.39, 0.29) is 0 Å². The lowest BCUT2D eigenvalue weighted by Crippen LogP contribution is -2.38. The van der Waals surface area contributed by atoms with Crippen LogP contribution in [0.1, 0.15) is 51.9 Å². The first-order valence-corrected chi connectivity index (χ1v) is 7.37. The first-order chi connectivity index (χ1) is 8.88. The van der Waals surface area contributed by atoms with E-state index >= 15 is 0 Å². The van der Waals surface area contributed by atoms with Gasteiger partial charge in [-0.25, -0.2) is 0 Å². The van der Waals surface area contributed by atoms with E-state index in [0.29, 0.717) is 11.5 Å². The Morgan fingerprint density at radius 3 is 2.68 bits per heavy atom. The molecular formula is C16H28N2O. The zero-order valence-corrected chi connectivity index (χ0v) is 13.0. The minimum Gasteiger partial charge on any atom is -0.468 e. The average molecular weight is 264 g/mol. The lowest BCUT2D eigenvalue weighted by Gasteiger charge is -2.35. The Bertz CT molecular complexity index is 401. The molecule has 1 saturated carbocycles. The van der Waals surface area contributed by atoms with Crippen LogP contribution in [0, 0.1) is 5.41 Å². The van der Waals surface area contributed by atoms with Crippen molar-refractivity contribution in [3.05, 3.63) is 23.7 Å². The van der Waals surface area contributed by atoms with E-state index in [2.05, 4.69) is 51.0 Å². The van der Waals surface area contributed by atoms with Crippen molar-refractivity contribution >= 4 is 0 Å². The van der Waals surface area contributed by atoms with E-state index in [9.17, 15) is 0 Å². The van der Waals surface area contributed by atoms with E-state index in [0.717, 1.165) is 24.9 Å². The van der Waals surface area contributed by atoms with Crippen LogP contribution in [0.5, 0.6) is 0 Å². The molecule has 1 aliphatic carbocycles. The van der Waals surface area contributed by atoms with Crippen LogP contribution in [0.15, 0.2) is 16.7 Å². The lowest BCUT2D eigenvalue weighted by atomic mass is 9.87. The maximum atomic E-state index is 5.62. The van der Waals surface area contributed by atoms with E-state index in [1.807, 2.05) is 6.26 Å². The highest BCUT2D eigenvalue weighted by Crippen LogP contribution is 2.25. The molecule has 1 heterocycles. The summed E-state index contributed by atoms with van der Waals surface area (Å²) in [6.45, 7) is 11.0. The summed E-state index contributed by atoms with van der Waals surface area (Å²) < 4.78 is 5.62. The highest BCUT2D eigenvalue weighted by atomic mass is 16.3. The topological polar surface area (TPSA) is 28.4 Å². The molecule has 1 unspecified atom stereocenters. The normalized spacial score (nSPS) is 18.0. The quantitative estimate of drug-likeness (QED) is 0.853. The second kappa shape index (κ2) is 5.68. The maximum Gasteiger partial charge on any atom is 0.122 e. The van der Waals surface area contributed by atoms with Crippen molar-refractivity contribution in [2.75, 3.05) is 7.05 Å². The lowest BCUT2D eigenvalue weighted by molar-refractivity contribution is 0.134. The van der Waals surface area contributed by atoms with Crippen molar-refractivity contribution in [3.8, 4) is 0 Å². The number of nitrogens with zero attached hydrogens (tertiary/aromatic N) is 1. The van der Waals surface area contributed by atoms with Gasteiger partial charge in [-0.2, -0.15) is 0 Å². The largest absolute Gasteiger partial charge is 0.468 e. The van der Waals surface area contributed by atoms with Crippen LogP contribution < -0.4 is 5.32 Å². The first kappa shape index (κ1) is 14.6. The van der Waals surface area contributed by atoms with Gasteiger partial charge in [0.2, 0.25) is 0 Å². The molecule has 2 rings (SSSR count). The average Bonchev–Trinajstić information content (AvgIpc) is 3.05. The second-order valence-corrected chi connectivity index (χ2v) is 6.98. The number of hydrogen-bond donors (Lipinski definition) is 1. The van der Waals surface area contributed by atoms with Crippen LogP contribution in [-0.2, 0) is 13.1 Å². The molecule has 1 N–H and O–H groups in total. The molecule has 0 bridgehead atoms. The molecule has 1 fully saturated rings. The van der Waals surface area contributed by atoms with Crippen LogP contribution in [0.25, 0.3) is 0 Å².